The van der Waals surface area contributed by atoms with Crippen molar-refractivity contribution >= 4 is 11.8 Å². The standard InChI is InChI=1S/C10H7F2NO/c11-7-3-8(6-1-2-13-5-6)10(14)9(12)4-7/h2-5,14H,1H2. The van der Waals surface area contributed by atoms with Gasteiger partial charge in [0.05, 0.1) is 0 Å². The van der Waals surface area contributed by atoms with Crippen LogP contribution >= 0.6 is 0 Å². The Balaban J connectivity index is 2.52. The predicted octanol–water partition coefficient (Wildman–Crippen LogP) is 2.49. The fourth-order valence-corrected chi connectivity index (χ4v) is 1.34. The van der Waals surface area contributed by atoms with Crippen LogP contribution in [0.1, 0.15) is 12.0 Å². The number of nitrogens with zero attached hydrogens (tertiary/aromatic N) is 1. The van der Waals surface area contributed by atoms with E-state index < -0.39 is 17.4 Å². The van der Waals surface area contributed by atoms with Gasteiger partial charge < -0.3 is 5.11 Å². The molecule has 1 aliphatic rings. The van der Waals surface area contributed by atoms with Crippen LogP contribution in [-0.4, -0.2) is 11.3 Å². The predicted molar refractivity (Wildman–Crippen MR) is 49.1 cm³/mol. The summed E-state index contributed by atoms with van der Waals surface area (Å²) < 4.78 is 25.8. The quantitative estimate of drug-likeness (QED) is 0.733. The second-order valence-electron chi connectivity index (χ2n) is 2.97. The molecule has 0 saturated heterocycles. The van der Waals surface area contributed by atoms with Crippen LogP contribution in [0.15, 0.2) is 23.3 Å². The van der Waals surface area contributed by atoms with Crippen molar-refractivity contribution in [3.8, 4) is 5.75 Å². The monoisotopic (exact) mass is 195 g/mol. The molecule has 72 valence electrons. The largest absolute Gasteiger partial charge is 0.504 e. The molecule has 4 heteroatoms. The van der Waals surface area contributed by atoms with Crippen LogP contribution in [0.3, 0.4) is 0 Å². The molecule has 2 rings (SSSR count). The molecule has 2 nitrogen and oxygen atoms in total. The van der Waals surface area contributed by atoms with E-state index in [0.29, 0.717) is 18.1 Å². The van der Waals surface area contributed by atoms with Gasteiger partial charge in [-0.1, -0.05) is 0 Å². The van der Waals surface area contributed by atoms with Gasteiger partial charge in [-0.15, -0.1) is 0 Å². The van der Waals surface area contributed by atoms with Crippen molar-refractivity contribution in [2.75, 3.05) is 0 Å². The first-order valence-corrected chi connectivity index (χ1v) is 4.07. The fourth-order valence-electron chi connectivity index (χ4n) is 1.34. The van der Waals surface area contributed by atoms with Crippen molar-refractivity contribution in [2.45, 2.75) is 6.42 Å². The van der Waals surface area contributed by atoms with Crippen LogP contribution in [0.4, 0.5) is 8.78 Å². The Morgan fingerprint density at radius 3 is 2.71 bits per heavy atom. The number of aliphatic imine (C=N–C) groups is 1. The minimum Gasteiger partial charge on any atom is -0.504 e. The van der Waals surface area contributed by atoms with Gasteiger partial charge in [0, 0.05) is 30.5 Å². The molecule has 0 bridgehead atoms. The van der Waals surface area contributed by atoms with Crippen molar-refractivity contribution in [1.82, 2.24) is 0 Å². The van der Waals surface area contributed by atoms with E-state index in [-0.39, 0.29) is 5.56 Å². The Morgan fingerprint density at radius 2 is 2.07 bits per heavy atom. The highest BCUT2D eigenvalue weighted by atomic mass is 19.1. The first kappa shape index (κ1) is 8.87. The van der Waals surface area contributed by atoms with Crippen LogP contribution < -0.4 is 0 Å². The Morgan fingerprint density at radius 1 is 1.29 bits per heavy atom. The number of rotatable bonds is 1. The number of allylic oxidation sites excluding steroid dienone is 1. The van der Waals surface area contributed by atoms with E-state index >= 15 is 0 Å². The summed E-state index contributed by atoms with van der Waals surface area (Å²) >= 11 is 0. The van der Waals surface area contributed by atoms with Crippen molar-refractivity contribution < 1.29 is 13.9 Å². The van der Waals surface area contributed by atoms with Crippen LogP contribution in [-0.2, 0) is 0 Å². The summed E-state index contributed by atoms with van der Waals surface area (Å²) in [7, 11) is 0. The molecular formula is C10H7F2NO. The third kappa shape index (κ3) is 1.39. The second-order valence-corrected chi connectivity index (χ2v) is 2.97. The Labute approximate surface area is 79.2 Å². The Bertz CT molecular complexity index is 438. The number of hydrogen-bond donors (Lipinski definition) is 1. The minimum atomic E-state index is -0.951. The lowest BCUT2D eigenvalue weighted by molar-refractivity contribution is 0.426. The van der Waals surface area contributed by atoms with E-state index in [4.69, 9.17) is 0 Å². The highest BCUT2D eigenvalue weighted by molar-refractivity contribution is 5.85. The molecule has 1 aromatic carbocycles. The van der Waals surface area contributed by atoms with E-state index in [1.54, 1.807) is 6.21 Å². The van der Waals surface area contributed by atoms with Gasteiger partial charge in [0.2, 0.25) is 0 Å². The summed E-state index contributed by atoms with van der Waals surface area (Å²) in [5.41, 5.74) is 0.779. The fraction of sp³-hybridized carbons (Fsp3) is 0.100. The molecule has 14 heavy (non-hydrogen) atoms. The molecule has 0 saturated carbocycles. The summed E-state index contributed by atoms with van der Waals surface area (Å²) in [6, 6.07) is 1.74. The zero-order valence-electron chi connectivity index (χ0n) is 7.17. The number of hydrogen-bond acceptors (Lipinski definition) is 2. The van der Waals surface area contributed by atoms with Crippen LogP contribution in [0.25, 0.3) is 5.57 Å². The van der Waals surface area contributed by atoms with Crippen molar-refractivity contribution in [1.29, 1.82) is 0 Å². The molecule has 1 aliphatic heterocycles. The SMILES string of the molecule is Oc1c(F)cc(F)cc1C1=CN=CC1. The highest BCUT2D eigenvalue weighted by Gasteiger charge is 2.14. The molecule has 0 radical (unpaired) electrons. The van der Waals surface area contributed by atoms with Crippen molar-refractivity contribution in [3.05, 3.63) is 35.5 Å². The lowest BCUT2D eigenvalue weighted by atomic mass is 10.0. The highest BCUT2D eigenvalue weighted by Crippen LogP contribution is 2.31. The normalized spacial score (nSPS) is 14.6. The van der Waals surface area contributed by atoms with Gasteiger partial charge in [0.1, 0.15) is 5.82 Å². The number of aromatic hydroxyl groups is 1. The number of phenols is 1. The van der Waals surface area contributed by atoms with Crippen molar-refractivity contribution in [3.63, 3.8) is 0 Å². The molecule has 0 unspecified atom stereocenters. The Kier molecular flexibility index (Phi) is 2.04. The van der Waals surface area contributed by atoms with Gasteiger partial charge in [-0.2, -0.15) is 0 Å². The van der Waals surface area contributed by atoms with Gasteiger partial charge in [0.25, 0.3) is 0 Å². The third-order valence-electron chi connectivity index (χ3n) is 2.02. The van der Waals surface area contributed by atoms with Crippen LogP contribution in [0, 0.1) is 11.6 Å². The van der Waals surface area contributed by atoms with E-state index in [0.717, 1.165) is 6.07 Å². The third-order valence-corrected chi connectivity index (χ3v) is 2.02. The zero-order chi connectivity index (χ0) is 10.1. The second kappa shape index (κ2) is 3.21. The lowest BCUT2D eigenvalue weighted by Crippen LogP contribution is -1.89. The molecule has 1 aromatic rings. The first-order valence-electron chi connectivity index (χ1n) is 4.07. The van der Waals surface area contributed by atoms with E-state index in [1.165, 1.54) is 6.20 Å². The van der Waals surface area contributed by atoms with Gasteiger partial charge in [-0.25, -0.2) is 8.78 Å². The molecule has 1 heterocycles. The van der Waals surface area contributed by atoms with Gasteiger partial charge in [0.15, 0.2) is 11.6 Å². The molecule has 0 amide bonds. The van der Waals surface area contributed by atoms with Gasteiger partial charge in [-0.3, -0.25) is 4.99 Å². The number of phenolic OH excluding ortho intramolecular Hbond substituents is 1. The molecule has 0 aromatic heterocycles. The van der Waals surface area contributed by atoms with E-state index in [1.807, 2.05) is 0 Å². The average molecular weight is 195 g/mol. The van der Waals surface area contributed by atoms with Crippen LogP contribution in [0.5, 0.6) is 5.75 Å². The topological polar surface area (TPSA) is 32.6 Å². The molecule has 0 fully saturated rings. The van der Waals surface area contributed by atoms with Gasteiger partial charge in [-0.05, 0) is 11.6 Å². The number of halogens is 2. The minimum absolute atomic E-state index is 0.167. The summed E-state index contributed by atoms with van der Waals surface area (Å²) in [6.07, 6.45) is 3.57. The molecule has 0 spiro atoms. The van der Waals surface area contributed by atoms with Crippen LogP contribution in [0.2, 0.25) is 0 Å². The summed E-state index contributed by atoms with van der Waals surface area (Å²) in [5.74, 6) is -2.18. The maximum absolute atomic E-state index is 12.9. The van der Waals surface area contributed by atoms with E-state index in [9.17, 15) is 13.9 Å². The van der Waals surface area contributed by atoms with Crippen molar-refractivity contribution in [2.24, 2.45) is 4.99 Å². The summed E-state index contributed by atoms with van der Waals surface area (Å²) in [6.45, 7) is 0. The molecule has 1 N–H and O–H groups in total. The summed E-state index contributed by atoms with van der Waals surface area (Å²) in [4.78, 5) is 3.80. The van der Waals surface area contributed by atoms with Gasteiger partial charge >= 0.3 is 0 Å². The molecule has 0 atom stereocenters. The smallest absolute Gasteiger partial charge is 0.168 e. The number of benzene rings is 1. The Hall–Kier alpha value is -1.71. The van der Waals surface area contributed by atoms with E-state index in [2.05, 4.69) is 4.99 Å². The average Bonchev–Trinajstić information content (AvgIpc) is 2.63. The first-order chi connectivity index (χ1) is 6.68. The maximum Gasteiger partial charge on any atom is 0.168 e. The zero-order valence-corrected chi connectivity index (χ0v) is 7.17. The summed E-state index contributed by atoms with van der Waals surface area (Å²) in [5, 5.41) is 9.34. The maximum atomic E-state index is 12.9. The lowest BCUT2D eigenvalue weighted by Gasteiger charge is -2.05. The molecule has 0 aliphatic carbocycles. The molecular weight excluding hydrogens is 188 g/mol.